The molecule has 0 bridgehead atoms. The number of amides is 1. The number of hydrogen-bond donors (Lipinski definition) is 1. The number of carbonyl (C=O) groups is 1. The lowest BCUT2D eigenvalue weighted by Crippen LogP contribution is -2.08. The normalized spacial score (nSPS) is 11.1. The van der Waals surface area contributed by atoms with E-state index in [2.05, 4.69) is 5.32 Å². The number of carbonyl (C=O) groups excluding carboxylic acids is 1. The van der Waals surface area contributed by atoms with Gasteiger partial charge in [0.2, 0.25) is 11.3 Å². The zero-order valence-electron chi connectivity index (χ0n) is 16.5. The van der Waals surface area contributed by atoms with Crippen LogP contribution in [-0.2, 0) is 4.79 Å². The Bertz CT molecular complexity index is 1320. The highest BCUT2D eigenvalue weighted by atomic mass is 16.5. The third-order valence-corrected chi connectivity index (χ3v) is 4.69. The Balaban J connectivity index is 1.61. The van der Waals surface area contributed by atoms with Crippen LogP contribution < -0.4 is 20.2 Å². The second-order valence-corrected chi connectivity index (χ2v) is 6.57. The SMILES string of the molecule is COc1ccc(/C=C/C(=O)Nc2ccc3c(=O)c4cccc(OC)c4oc3c2)cc1. The third kappa shape index (κ3) is 3.75. The van der Waals surface area contributed by atoms with Crippen LogP contribution in [0.4, 0.5) is 5.69 Å². The molecule has 1 heterocycles. The van der Waals surface area contributed by atoms with Crippen LogP contribution >= 0.6 is 0 Å². The fourth-order valence-electron chi connectivity index (χ4n) is 3.16. The molecule has 0 radical (unpaired) electrons. The summed E-state index contributed by atoms with van der Waals surface area (Å²) in [7, 11) is 3.12. The lowest BCUT2D eigenvalue weighted by atomic mass is 10.1. The van der Waals surface area contributed by atoms with E-state index in [0.29, 0.717) is 33.4 Å². The summed E-state index contributed by atoms with van der Waals surface area (Å²) in [5.41, 5.74) is 1.98. The van der Waals surface area contributed by atoms with Crippen LogP contribution in [0.2, 0.25) is 0 Å². The molecule has 0 unspecified atom stereocenters. The maximum Gasteiger partial charge on any atom is 0.248 e. The van der Waals surface area contributed by atoms with Crippen molar-refractivity contribution in [2.75, 3.05) is 19.5 Å². The summed E-state index contributed by atoms with van der Waals surface area (Å²) >= 11 is 0. The van der Waals surface area contributed by atoms with Crippen molar-refractivity contribution in [2.45, 2.75) is 0 Å². The molecular weight excluding hydrogens is 382 g/mol. The van der Waals surface area contributed by atoms with E-state index < -0.39 is 0 Å². The van der Waals surface area contributed by atoms with E-state index in [4.69, 9.17) is 13.9 Å². The number of rotatable bonds is 5. The van der Waals surface area contributed by atoms with Crippen molar-refractivity contribution in [1.82, 2.24) is 0 Å². The molecule has 0 fully saturated rings. The molecule has 1 N–H and O–H groups in total. The minimum absolute atomic E-state index is 0.151. The van der Waals surface area contributed by atoms with E-state index in [0.717, 1.165) is 11.3 Å². The van der Waals surface area contributed by atoms with Crippen molar-refractivity contribution in [1.29, 1.82) is 0 Å². The summed E-state index contributed by atoms with van der Waals surface area (Å²) in [6.07, 6.45) is 3.14. The number of benzene rings is 3. The molecule has 0 saturated heterocycles. The summed E-state index contributed by atoms with van der Waals surface area (Å²) in [5, 5.41) is 3.66. The first kappa shape index (κ1) is 19.3. The predicted octanol–water partition coefficient (Wildman–Crippen LogP) is 4.62. The molecule has 4 aromatic rings. The number of hydrogen-bond acceptors (Lipinski definition) is 5. The molecule has 1 aromatic heterocycles. The average Bonchev–Trinajstić information content (AvgIpc) is 2.77. The van der Waals surface area contributed by atoms with Crippen molar-refractivity contribution in [3.8, 4) is 11.5 Å². The Labute approximate surface area is 172 Å². The Morgan fingerprint density at radius 2 is 1.77 bits per heavy atom. The Morgan fingerprint density at radius 3 is 2.50 bits per heavy atom. The lowest BCUT2D eigenvalue weighted by Gasteiger charge is -2.07. The van der Waals surface area contributed by atoms with Gasteiger partial charge in [0, 0.05) is 17.8 Å². The van der Waals surface area contributed by atoms with E-state index in [1.54, 1.807) is 49.6 Å². The van der Waals surface area contributed by atoms with Crippen LogP contribution in [0.3, 0.4) is 0 Å². The fourth-order valence-corrected chi connectivity index (χ4v) is 3.16. The van der Waals surface area contributed by atoms with Gasteiger partial charge in [0.25, 0.3) is 0 Å². The molecule has 4 rings (SSSR count). The highest BCUT2D eigenvalue weighted by molar-refractivity contribution is 6.03. The van der Waals surface area contributed by atoms with Gasteiger partial charge in [0.05, 0.1) is 25.0 Å². The number of ether oxygens (including phenoxy) is 2. The molecule has 6 nitrogen and oxygen atoms in total. The minimum atomic E-state index is -0.300. The van der Waals surface area contributed by atoms with E-state index in [-0.39, 0.29) is 11.3 Å². The summed E-state index contributed by atoms with van der Waals surface area (Å²) in [4.78, 5) is 25.1. The first-order valence-electron chi connectivity index (χ1n) is 9.26. The smallest absolute Gasteiger partial charge is 0.248 e. The average molecular weight is 401 g/mol. The van der Waals surface area contributed by atoms with Crippen LogP contribution in [0, 0.1) is 0 Å². The zero-order valence-corrected chi connectivity index (χ0v) is 16.5. The molecule has 3 aromatic carbocycles. The molecular formula is C24H19NO5. The van der Waals surface area contributed by atoms with Gasteiger partial charge in [-0.25, -0.2) is 0 Å². The Morgan fingerprint density at radius 1 is 0.967 bits per heavy atom. The van der Waals surface area contributed by atoms with Gasteiger partial charge in [-0.15, -0.1) is 0 Å². The molecule has 0 aliphatic rings. The van der Waals surface area contributed by atoms with Crippen LogP contribution in [0.15, 0.2) is 76.0 Å². The second kappa shape index (κ2) is 8.13. The number of fused-ring (bicyclic) bond motifs is 2. The highest BCUT2D eigenvalue weighted by Crippen LogP contribution is 2.28. The van der Waals surface area contributed by atoms with E-state index >= 15 is 0 Å². The molecule has 0 aliphatic heterocycles. The third-order valence-electron chi connectivity index (χ3n) is 4.69. The van der Waals surface area contributed by atoms with Gasteiger partial charge < -0.3 is 19.2 Å². The monoisotopic (exact) mass is 401 g/mol. The van der Waals surface area contributed by atoms with Gasteiger partial charge in [-0.3, -0.25) is 9.59 Å². The molecule has 6 heteroatoms. The number of methoxy groups -OCH3 is 2. The summed E-state index contributed by atoms with van der Waals surface area (Å²) in [5.74, 6) is 0.924. The van der Waals surface area contributed by atoms with Crippen LogP contribution in [0.5, 0.6) is 11.5 Å². The van der Waals surface area contributed by atoms with Gasteiger partial charge >= 0.3 is 0 Å². The summed E-state index contributed by atoms with van der Waals surface area (Å²) in [6.45, 7) is 0. The minimum Gasteiger partial charge on any atom is -0.497 e. The van der Waals surface area contributed by atoms with Gasteiger partial charge in [-0.2, -0.15) is 0 Å². The van der Waals surface area contributed by atoms with E-state index in [1.165, 1.54) is 13.2 Å². The summed E-state index contributed by atoms with van der Waals surface area (Å²) in [6, 6.07) is 17.5. The Hall–Kier alpha value is -4.06. The Kier molecular flexibility index (Phi) is 5.22. The van der Waals surface area contributed by atoms with Gasteiger partial charge in [0.1, 0.15) is 11.3 Å². The zero-order chi connectivity index (χ0) is 21.1. The predicted molar refractivity (Wildman–Crippen MR) is 117 cm³/mol. The second-order valence-electron chi connectivity index (χ2n) is 6.57. The number of anilines is 1. The van der Waals surface area contributed by atoms with Crippen molar-refractivity contribution >= 4 is 39.6 Å². The maximum absolute atomic E-state index is 12.8. The lowest BCUT2D eigenvalue weighted by molar-refractivity contribution is -0.111. The topological polar surface area (TPSA) is 77.8 Å². The number of para-hydroxylation sites is 1. The summed E-state index contributed by atoms with van der Waals surface area (Å²) < 4.78 is 16.3. The van der Waals surface area contributed by atoms with Crippen molar-refractivity contribution in [3.05, 3.63) is 82.5 Å². The molecule has 1 amide bonds. The molecule has 150 valence electrons. The molecule has 0 atom stereocenters. The van der Waals surface area contributed by atoms with Crippen LogP contribution in [0.25, 0.3) is 28.0 Å². The maximum atomic E-state index is 12.8. The number of nitrogens with one attached hydrogen (secondary N) is 1. The van der Waals surface area contributed by atoms with Crippen LogP contribution in [-0.4, -0.2) is 20.1 Å². The van der Waals surface area contributed by atoms with Crippen LogP contribution in [0.1, 0.15) is 5.56 Å². The first-order chi connectivity index (χ1) is 14.6. The van der Waals surface area contributed by atoms with E-state index in [1.807, 2.05) is 24.3 Å². The van der Waals surface area contributed by atoms with Gasteiger partial charge in [-0.1, -0.05) is 18.2 Å². The highest BCUT2D eigenvalue weighted by Gasteiger charge is 2.12. The van der Waals surface area contributed by atoms with Crippen molar-refractivity contribution in [3.63, 3.8) is 0 Å². The van der Waals surface area contributed by atoms with Gasteiger partial charge in [-0.05, 0) is 48.0 Å². The van der Waals surface area contributed by atoms with Gasteiger partial charge in [0.15, 0.2) is 11.3 Å². The molecule has 0 aliphatic carbocycles. The fraction of sp³-hybridized carbons (Fsp3) is 0.0833. The van der Waals surface area contributed by atoms with Crippen molar-refractivity contribution in [2.24, 2.45) is 0 Å². The molecule has 0 saturated carbocycles. The quantitative estimate of drug-likeness (QED) is 0.390. The standard InChI is InChI=1S/C24H19NO5/c1-28-17-10-6-15(7-11-17)8-13-22(26)25-16-9-12-18-21(14-16)30-24-19(23(18)27)4-3-5-20(24)29-2/h3-14H,1-2H3,(H,25,26)/b13-8+. The van der Waals surface area contributed by atoms with Crippen molar-refractivity contribution < 1.29 is 18.7 Å². The molecule has 0 spiro atoms. The largest absolute Gasteiger partial charge is 0.497 e. The van der Waals surface area contributed by atoms with E-state index in [9.17, 15) is 9.59 Å². The molecule has 30 heavy (non-hydrogen) atoms. The first-order valence-corrected chi connectivity index (χ1v) is 9.26.